The lowest BCUT2D eigenvalue weighted by Gasteiger charge is -2.23. The second-order valence-corrected chi connectivity index (χ2v) is 5.27. The fraction of sp³-hybridized carbons (Fsp3) is 0.533. The van der Waals surface area contributed by atoms with Gasteiger partial charge in [-0.3, -0.25) is 4.99 Å². The van der Waals surface area contributed by atoms with Crippen molar-refractivity contribution in [1.82, 2.24) is 9.80 Å². The van der Waals surface area contributed by atoms with Crippen molar-refractivity contribution in [2.24, 2.45) is 4.99 Å². The van der Waals surface area contributed by atoms with Gasteiger partial charge in [-0.2, -0.15) is 0 Å². The Kier molecular flexibility index (Phi) is 2.98. The first kappa shape index (κ1) is 11.6. The average molecular weight is 243 g/mol. The van der Waals surface area contributed by atoms with Crippen molar-refractivity contribution in [3.8, 4) is 0 Å². The first-order chi connectivity index (χ1) is 8.79. The van der Waals surface area contributed by atoms with E-state index in [1.807, 2.05) is 0 Å². The van der Waals surface area contributed by atoms with Crippen molar-refractivity contribution in [2.75, 3.05) is 19.6 Å². The summed E-state index contributed by atoms with van der Waals surface area (Å²) in [7, 11) is 0. The highest BCUT2D eigenvalue weighted by Crippen LogP contribution is 2.25. The Labute approximate surface area is 109 Å². The largest absolute Gasteiger partial charge is 0.338 e. The summed E-state index contributed by atoms with van der Waals surface area (Å²) in [5.41, 5.74) is 1.43. The molecule has 1 saturated heterocycles. The summed E-state index contributed by atoms with van der Waals surface area (Å²) in [4.78, 5) is 9.63. The van der Waals surface area contributed by atoms with E-state index in [0.29, 0.717) is 12.1 Å². The van der Waals surface area contributed by atoms with E-state index < -0.39 is 0 Å². The second kappa shape index (κ2) is 4.63. The van der Waals surface area contributed by atoms with E-state index >= 15 is 0 Å². The number of hydrogen-bond acceptors (Lipinski definition) is 3. The molecular formula is C15H21N3. The Morgan fingerprint density at radius 2 is 2.06 bits per heavy atom. The lowest BCUT2D eigenvalue weighted by Crippen LogP contribution is -2.36. The van der Waals surface area contributed by atoms with Crippen LogP contribution in [0.25, 0.3) is 0 Å². The molecule has 2 aliphatic rings. The van der Waals surface area contributed by atoms with Crippen LogP contribution in [0.4, 0.5) is 0 Å². The molecule has 1 aromatic rings. The van der Waals surface area contributed by atoms with Crippen LogP contribution in [0, 0.1) is 0 Å². The molecule has 0 amide bonds. The maximum absolute atomic E-state index is 4.69. The molecule has 2 heterocycles. The maximum Gasteiger partial charge on any atom is 0.197 e. The number of likely N-dealkylation sites (N-methyl/N-ethyl adjacent to an activating group) is 1. The summed E-state index contributed by atoms with van der Waals surface area (Å²) in [6, 6.07) is 11.9. The first-order valence-electron chi connectivity index (χ1n) is 6.91. The van der Waals surface area contributed by atoms with E-state index in [2.05, 4.69) is 54.0 Å². The van der Waals surface area contributed by atoms with E-state index in [1.165, 1.54) is 11.5 Å². The topological polar surface area (TPSA) is 18.8 Å². The van der Waals surface area contributed by atoms with Gasteiger partial charge in [-0.25, -0.2) is 0 Å². The molecule has 1 fully saturated rings. The van der Waals surface area contributed by atoms with Crippen molar-refractivity contribution in [1.29, 1.82) is 0 Å². The van der Waals surface area contributed by atoms with Gasteiger partial charge in [0.25, 0.3) is 0 Å². The van der Waals surface area contributed by atoms with Crippen molar-refractivity contribution < 1.29 is 0 Å². The van der Waals surface area contributed by atoms with Crippen LogP contribution in [0.1, 0.15) is 19.4 Å². The summed E-state index contributed by atoms with van der Waals surface area (Å²) in [5, 5.41) is 0. The molecule has 18 heavy (non-hydrogen) atoms. The Morgan fingerprint density at radius 1 is 1.28 bits per heavy atom. The molecule has 3 heteroatoms. The highest BCUT2D eigenvalue weighted by atomic mass is 15.5. The van der Waals surface area contributed by atoms with E-state index in [0.717, 1.165) is 26.1 Å². The predicted octanol–water partition coefficient (Wildman–Crippen LogP) is 1.99. The Hall–Kier alpha value is -1.51. The minimum atomic E-state index is 0.579. The quantitative estimate of drug-likeness (QED) is 0.808. The molecule has 0 saturated carbocycles. The van der Waals surface area contributed by atoms with Gasteiger partial charge >= 0.3 is 0 Å². The Morgan fingerprint density at radius 3 is 2.78 bits per heavy atom. The van der Waals surface area contributed by atoms with Gasteiger partial charge in [0.2, 0.25) is 0 Å². The molecule has 96 valence electrons. The molecular weight excluding hydrogens is 222 g/mol. The first-order valence-corrected chi connectivity index (χ1v) is 6.91. The second-order valence-electron chi connectivity index (χ2n) is 5.27. The summed E-state index contributed by atoms with van der Waals surface area (Å²) < 4.78 is 0. The number of nitrogens with zero attached hydrogens (tertiary/aromatic N) is 3. The van der Waals surface area contributed by atoms with Gasteiger partial charge < -0.3 is 9.80 Å². The fourth-order valence-electron chi connectivity index (χ4n) is 3.07. The van der Waals surface area contributed by atoms with Gasteiger partial charge in [-0.05, 0) is 25.8 Å². The number of hydrogen-bond donors (Lipinski definition) is 0. The molecule has 0 spiro atoms. The summed E-state index contributed by atoms with van der Waals surface area (Å²) in [5.74, 6) is 1.23. The molecule has 3 nitrogen and oxygen atoms in total. The molecule has 2 unspecified atom stereocenters. The molecule has 0 bridgehead atoms. The third-order valence-corrected chi connectivity index (χ3v) is 4.05. The molecule has 0 aromatic heterocycles. The van der Waals surface area contributed by atoms with Gasteiger partial charge in [-0.1, -0.05) is 30.3 Å². The molecule has 0 N–H and O–H groups in total. The van der Waals surface area contributed by atoms with E-state index in [1.54, 1.807) is 0 Å². The zero-order valence-corrected chi connectivity index (χ0v) is 11.2. The molecule has 2 atom stereocenters. The highest BCUT2D eigenvalue weighted by Gasteiger charge is 2.39. The van der Waals surface area contributed by atoms with Crippen LogP contribution in [-0.2, 0) is 6.42 Å². The molecule has 0 radical (unpaired) electrons. The lowest BCUT2D eigenvalue weighted by atomic mass is 10.1. The third kappa shape index (κ3) is 1.88. The molecule has 2 aliphatic heterocycles. The lowest BCUT2D eigenvalue weighted by molar-refractivity contribution is 0.330. The number of aliphatic imine (C=N–C) groups is 1. The van der Waals surface area contributed by atoms with Crippen LogP contribution in [0.5, 0.6) is 0 Å². The van der Waals surface area contributed by atoms with Crippen LogP contribution in [-0.4, -0.2) is 47.5 Å². The van der Waals surface area contributed by atoms with Crippen LogP contribution in [0.3, 0.4) is 0 Å². The minimum absolute atomic E-state index is 0.579. The van der Waals surface area contributed by atoms with Crippen molar-refractivity contribution in [3.63, 3.8) is 0 Å². The smallest absolute Gasteiger partial charge is 0.197 e. The monoisotopic (exact) mass is 243 g/mol. The van der Waals surface area contributed by atoms with E-state index in [-0.39, 0.29) is 0 Å². The van der Waals surface area contributed by atoms with Crippen molar-refractivity contribution >= 4 is 5.96 Å². The normalized spacial score (nSPS) is 26.4. The summed E-state index contributed by atoms with van der Waals surface area (Å²) >= 11 is 0. The third-order valence-electron chi connectivity index (χ3n) is 4.05. The standard InChI is InChI=1S/C15H21N3/c1-3-17-14(9-13-7-5-4-6-8-13)11-18-12(2)10-16-15(17)18/h4-8,12,14H,3,9-11H2,1-2H3. The van der Waals surface area contributed by atoms with Crippen LogP contribution >= 0.6 is 0 Å². The SMILES string of the molecule is CCN1C2=NCC(C)N2CC1Cc1ccccc1. The molecule has 3 rings (SSSR count). The Bertz CT molecular complexity index is 440. The van der Waals surface area contributed by atoms with Gasteiger partial charge in [-0.15, -0.1) is 0 Å². The number of rotatable bonds is 3. The average Bonchev–Trinajstić information content (AvgIpc) is 2.91. The van der Waals surface area contributed by atoms with E-state index in [9.17, 15) is 0 Å². The highest BCUT2D eigenvalue weighted by molar-refractivity contribution is 5.84. The van der Waals surface area contributed by atoms with Gasteiger partial charge in [0.15, 0.2) is 5.96 Å². The zero-order chi connectivity index (χ0) is 12.5. The number of fused-ring (bicyclic) bond motifs is 1. The molecule has 0 aliphatic carbocycles. The predicted molar refractivity (Wildman–Crippen MR) is 74.8 cm³/mol. The van der Waals surface area contributed by atoms with Crippen LogP contribution in [0.2, 0.25) is 0 Å². The Balaban J connectivity index is 1.77. The fourth-order valence-corrected chi connectivity index (χ4v) is 3.07. The number of guanidine groups is 1. The van der Waals surface area contributed by atoms with Gasteiger partial charge in [0.1, 0.15) is 0 Å². The van der Waals surface area contributed by atoms with Crippen molar-refractivity contribution in [2.45, 2.75) is 32.4 Å². The van der Waals surface area contributed by atoms with Crippen LogP contribution in [0.15, 0.2) is 35.3 Å². The molecule has 1 aromatic carbocycles. The van der Waals surface area contributed by atoms with E-state index in [4.69, 9.17) is 4.99 Å². The number of benzene rings is 1. The summed E-state index contributed by atoms with van der Waals surface area (Å²) in [6.45, 7) is 7.65. The van der Waals surface area contributed by atoms with Crippen molar-refractivity contribution in [3.05, 3.63) is 35.9 Å². The minimum Gasteiger partial charge on any atom is -0.338 e. The van der Waals surface area contributed by atoms with Crippen LogP contribution < -0.4 is 0 Å². The van der Waals surface area contributed by atoms with Gasteiger partial charge in [0.05, 0.1) is 12.6 Å². The summed E-state index contributed by atoms with van der Waals surface area (Å²) in [6.07, 6.45) is 1.12. The zero-order valence-electron chi connectivity index (χ0n) is 11.2. The van der Waals surface area contributed by atoms with Gasteiger partial charge in [0, 0.05) is 19.1 Å². The maximum atomic E-state index is 4.69.